The van der Waals surface area contributed by atoms with Gasteiger partial charge in [-0.2, -0.15) is 0 Å². The molecule has 0 unspecified atom stereocenters. The molecule has 0 aliphatic carbocycles. The summed E-state index contributed by atoms with van der Waals surface area (Å²) in [5.41, 5.74) is 9.15. The van der Waals surface area contributed by atoms with Crippen LogP contribution >= 0.6 is 11.8 Å². The molecule has 1 amide bonds. The molecule has 4 nitrogen and oxygen atoms in total. The van der Waals surface area contributed by atoms with Crippen molar-refractivity contribution >= 4 is 45.9 Å². The van der Waals surface area contributed by atoms with Gasteiger partial charge in [0, 0.05) is 17.3 Å². The number of nitrogens with zero attached hydrogens (tertiary/aromatic N) is 2. The number of aliphatic imine (C=N–C) groups is 1. The van der Waals surface area contributed by atoms with Gasteiger partial charge in [-0.25, -0.2) is 4.99 Å². The third kappa shape index (κ3) is 4.39. The Morgan fingerprint density at radius 2 is 1.82 bits per heavy atom. The van der Waals surface area contributed by atoms with Gasteiger partial charge in [0.2, 0.25) is 0 Å². The molecular weight excluding hydrogens is 426 g/mol. The predicted molar refractivity (Wildman–Crippen MR) is 143 cm³/mol. The maximum absolute atomic E-state index is 12.7. The second-order valence-corrected chi connectivity index (χ2v) is 10.9. The lowest BCUT2D eigenvalue weighted by molar-refractivity contribution is -0.115. The molecule has 0 saturated carbocycles. The number of hydrogen-bond donors (Lipinski definition) is 1. The quantitative estimate of drug-likeness (QED) is 0.507. The normalized spacial score (nSPS) is 19.8. The minimum absolute atomic E-state index is 0.0435. The average Bonchev–Trinajstić information content (AvgIpc) is 3.04. The molecule has 0 spiro atoms. The van der Waals surface area contributed by atoms with E-state index in [4.69, 9.17) is 4.99 Å². The second kappa shape index (κ2) is 8.53. The molecule has 2 aromatic rings. The van der Waals surface area contributed by atoms with Gasteiger partial charge in [0.1, 0.15) is 0 Å². The van der Waals surface area contributed by atoms with E-state index in [0.717, 1.165) is 22.4 Å². The number of benzene rings is 2. The predicted octanol–water partition coefficient (Wildman–Crippen LogP) is 6.91. The van der Waals surface area contributed by atoms with Gasteiger partial charge < -0.3 is 10.2 Å². The number of carbonyl (C=O) groups excluding carboxylic acids is 1. The number of aryl methyl sites for hydroxylation is 2. The second-order valence-electron chi connectivity index (χ2n) is 9.87. The van der Waals surface area contributed by atoms with Gasteiger partial charge >= 0.3 is 0 Å². The van der Waals surface area contributed by atoms with Crippen molar-refractivity contribution in [2.24, 2.45) is 4.99 Å². The van der Waals surface area contributed by atoms with E-state index >= 15 is 0 Å². The summed E-state index contributed by atoms with van der Waals surface area (Å²) in [7, 11) is 0. The molecule has 2 aliphatic heterocycles. The van der Waals surface area contributed by atoms with Crippen LogP contribution in [0, 0.1) is 20.8 Å². The van der Waals surface area contributed by atoms with Gasteiger partial charge in [-0.05, 0) is 119 Å². The van der Waals surface area contributed by atoms with E-state index in [1.807, 2.05) is 18.2 Å². The molecule has 2 aromatic carbocycles. The summed E-state index contributed by atoms with van der Waals surface area (Å²) in [6, 6.07) is 10.9. The standard InChI is InChI=1S/C28H33N3OS/c1-16(2)31-24-12-18(4)21(13-22(24)19(5)15-28(31,7)8)14-25-26(32)30-27(33-25)29-23-11-9-10-17(3)20(23)6/h9-16H,1-8H3,(H,29,30,32)/b25-14-. The van der Waals surface area contributed by atoms with Crippen molar-refractivity contribution in [1.29, 1.82) is 0 Å². The Morgan fingerprint density at radius 3 is 2.52 bits per heavy atom. The molecule has 0 atom stereocenters. The van der Waals surface area contributed by atoms with Crippen LogP contribution in [-0.2, 0) is 4.79 Å². The first-order valence-electron chi connectivity index (χ1n) is 11.5. The Morgan fingerprint density at radius 1 is 1.09 bits per heavy atom. The molecule has 0 radical (unpaired) electrons. The van der Waals surface area contributed by atoms with E-state index in [9.17, 15) is 4.79 Å². The fraction of sp³-hybridized carbons (Fsp3) is 0.357. The maximum atomic E-state index is 12.7. The van der Waals surface area contributed by atoms with Gasteiger partial charge in [0.15, 0.2) is 5.17 Å². The lowest BCUT2D eigenvalue weighted by atomic mass is 9.86. The summed E-state index contributed by atoms with van der Waals surface area (Å²) in [5, 5.41) is 3.55. The summed E-state index contributed by atoms with van der Waals surface area (Å²) < 4.78 is 0. The van der Waals surface area contributed by atoms with Crippen LogP contribution in [0.1, 0.15) is 62.4 Å². The highest BCUT2D eigenvalue weighted by Crippen LogP contribution is 2.42. The average molecular weight is 460 g/mol. The van der Waals surface area contributed by atoms with E-state index in [-0.39, 0.29) is 11.4 Å². The van der Waals surface area contributed by atoms with Crippen molar-refractivity contribution in [2.45, 2.75) is 67.0 Å². The largest absolute Gasteiger partial charge is 0.360 e. The molecule has 0 aromatic heterocycles. The van der Waals surface area contributed by atoms with Crippen LogP contribution in [0.3, 0.4) is 0 Å². The smallest absolute Gasteiger partial charge is 0.264 e. The molecule has 1 saturated heterocycles. The molecule has 33 heavy (non-hydrogen) atoms. The summed E-state index contributed by atoms with van der Waals surface area (Å²) in [5.74, 6) is -0.0987. The zero-order valence-electron chi connectivity index (χ0n) is 20.8. The Labute approximate surface area is 201 Å². The number of thioether (sulfide) groups is 1. The maximum Gasteiger partial charge on any atom is 0.264 e. The zero-order chi connectivity index (χ0) is 24.1. The first kappa shape index (κ1) is 23.4. The van der Waals surface area contributed by atoms with E-state index < -0.39 is 0 Å². The summed E-state index contributed by atoms with van der Waals surface area (Å²) >= 11 is 1.40. The van der Waals surface area contributed by atoms with Crippen LogP contribution in [-0.4, -0.2) is 22.7 Å². The molecule has 2 heterocycles. The number of hydrogen-bond acceptors (Lipinski definition) is 4. The fourth-order valence-corrected chi connectivity index (χ4v) is 5.72. The van der Waals surface area contributed by atoms with E-state index in [0.29, 0.717) is 16.1 Å². The molecule has 4 rings (SSSR count). The fourth-order valence-electron chi connectivity index (χ4n) is 4.90. The van der Waals surface area contributed by atoms with Gasteiger partial charge in [-0.15, -0.1) is 0 Å². The van der Waals surface area contributed by atoms with Crippen molar-refractivity contribution in [3.05, 3.63) is 69.1 Å². The highest BCUT2D eigenvalue weighted by molar-refractivity contribution is 8.18. The van der Waals surface area contributed by atoms with Crippen molar-refractivity contribution in [1.82, 2.24) is 5.32 Å². The Hall–Kier alpha value is -2.79. The molecule has 5 heteroatoms. The number of fused-ring (bicyclic) bond motifs is 1. The number of amidine groups is 1. The van der Waals surface area contributed by atoms with Crippen molar-refractivity contribution < 1.29 is 4.79 Å². The lowest BCUT2D eigenvalue weighted by Crippen LogP contribution is -2.49. The van der Waals surface area contributed by atoms with Gasteiger partial charge in [-0.1, -0.05) is 18.2 Å². The zero-order valence-corrected chi connectivity index (χ0v) is 21.6. The third-order valence-electron chi connectivity index (χ3n) is 6.51. The van der Waals surface area contributed by atoms with Crippen LogP contribution in [0.4, 0.5) is 11.4 Å². The van der Waals surface area contributed by atoms with Crippen molar-refractivity contribution in [3.8, 4) is 0 Å². The minimum atomic E-state index is -0.0987. The van der Waals surface area contributed by atoms with Gasteiger partial charge in [-0.3, -0.25) is 4.79 Å². The lowest BCUT2D eigenvalue weighted by Gasteiger charge is -2.46. The van der Waals surface area contributed by atoms with Crippen LogP contribution in [0.25, 0.3) is 11.6 Å². The van der Waals surface area contributed by atoms with Crippen LogP contribution in [0.15, 0.2) is 46.3 Å². The van der Waals surface area contributed by atoms with Crippen LogP contribution < -0.4 is 10.2 Å². The molecule has 0 bridgehead atoms. The molecule has 1 N–H and O–H groups in total. The third-order valence-corrected chi connectivity index (χ3v) is 7.42. The number of carbonyl (C=O) groups is 1. The Bertz CT molecular complexity index is 1230. The highest BCUT2D eigenvalue weighted by atomic mass is 32.2. The number of allylic oxidation sites excluding steroid dienone is 1. The first-order chi connectivity index (χ1) is 15.5. The summed E-state index contributed by atoms with van der Waals surface area (Å²) in [6.07, 6.45) is 4.33. The SMILES string of the molecule is CC1=CC(C)(C)N(C(C)C)c2cc(C)c(/C=C3\SC(=Nc4cccc(C)c4C)NC3=O)cc21. The number of rotatable bonds is 3. The number of amides is 1. The molecular formula is C28H33N3OS. The van der Waals surface area contributed by atoms with Crippen molar-refractivity contribution in [2.75, 3.05) is 4.90 Å². The molecule has 2 aliphatic rings. The first-order valence-corrected chi connectivity index (χ1v) is 12.3. The molecule has 1 fully saturated rings. The highest BCUT2D eigenvalue weighted by Gasteiger charge is 2.33. The Kier molecular flexibility index (Phi) is 6.04. The van der Waals surface area contributed by atoms with Crippen LogP contribution in [0.2, 0.25) is 0 Å². The monoisotopic (exact) mass is 459 g/mol. The van der Waals surface area contributed by atoms with E-state index in [2.05, 4.69) is 89.9 Å². The molecule has 172 valence electrons. The topological polar surface area (TPSA) is 44.7 Å². The number of nitrogens with one attached hydrogen (secondary N) is 1. The van der Waals surface area contributed by atoms with Gasteiger partial charge in [0.05, 0.1) is 16.1 Å². The van der Waals surface area contributed by atoms with Crippen LogP contribution in [0.5, 0.6) is 0 Å². The minimum Gasteiger partial charge on any atom is -0.360 e. The Balaban J connectivity index is 1.71. The van der Waals surface area contributed by atoms with E-state index in [1.165, 1.54) is 34.1 Å². The summed E-state index contributed by atoms with van der Waals surface area (Å²) in [4.78, 5) is 20.6. The van der Waals surface area contributed by atoms with Crippen molar-refractivity contribution in [3.63, 3.8) is 0 Å². The number of anilines is 1. The van der Waals surface area contributed by atoms with E-state index in [1.54, 1.807) is 0 Å². The summed E-state index contributed by atoms with van der Waals surface area (Å²) in [6.45, 7) is 17.4. The van der Waals surface area contributed by atoms with Gasteiger partial charge in [0.25, 0.3) is 5.91 Å².